The summed E-state index contributed by atoms with van der Waals surface area (Å²) in [7, 11) is 0. The van der Waals surface area contributed by atoms with Gasteiger partial charge in [0.2, 0.25) is 0 Å². The molecule has 0 fully saturated rings. The molecule has 1 aliphatic carbocycles. The first-order valence-corrected chi connectivity index (χ1v) is 3.27. The summed E-state index contributed by atoms with van der Waals surface area (Å²) in [6.45, 7) is 6.14. The molecule has 1 atom stereocenters. The first kappa shape index (κ1) is 6.53. The standard InChI is InChI=1S/C8H12O/c1-6-7(9)4-5-8(6,2)3/h4-6H,1-3H3. The smallest absolute Gasteiger partial charge is 0.159 e. The Kier molecular flexibility index (Phi) is 1.23. The number of rotatable bonds is 0. The minimum atomic E-state index is 0.0943. The van der Waals surface area contributed by atoms with Gasteiger partial charge in [0.05, 0.1) is 0 Å². The average molecular weight is 124 g/mol. The molecule has 0 spiro atoms. The Morgan fingerprint density at radius 2 is 2.11 bits per heavy atom. The van der Waals surface area contributed by atoms with Gasteiger partial charge >= 0.3 is 0 Å². The zero-order valence-electron chi connectivity index (χ0n) is 6.14. The third kappa shape index (κ3) is 0.913. The van der Waals surface area contributed by atoms with Gasteiger partial charge in [-0.2, -0.15) is 0 Å². The summed E-state index contributed by atoms with van der Waals surface area (Å²) in [5, 5.41) is 0. The molecule has 0 radical (unpaired) electrons. The molecule has 0 N–H and O–H groups in total. The van der Waals surface area contributed by atoms with Gasteiger partial charge in [-0.1, -0.05) is 26.8 Å². The topological polar surface area (TPSA) is 17.1 Å². The second-order valence-electron chi connectivity index (χ2n) is 3.28. The van der Waals surface area contributed by atoms with Crippen LogP contribution in [0.25, 0.3) is 0 Å². The lowest BCUT2D eigenvalue weighted by atomic mass is 9.83. The molecule has 0 aromatic carbocycles. The largest absolute Gasteiger partial charge is 0.295 e. The van der Waals surface area contributed by atoms with E-state index < -0.39 is 0 Å². The highest BCUT2D eigenvalue weighted by molar-refractivity contribution is 5.94. The molecule has 1 unspecified atom stereocenters. The third-order valence-electron chi connectivity index (χ3n) is 2.22. The van der Waals surface area contributed by atoms with Gasteiger partial charge in [-0.3, -0.25) is 4.79 Å². The van der Waals surface area contributed by atoms with E-state index in [1.54, 1.807) is 6.08 Å². The first-order chi connectivity index (χ1) is 4.04. The average Bonchev–Trinajstić information content (AvgIpc) is 1.97. The van der Waals surface area contributed by atoms with Gasteiger partial charge in [-0.15, -0.1) is 0 Å². The molecule has 1 rings (SSSR count). The number of hydrogen-bond acceptors (Lipinski definition) is 1. The second-order valence-corrected chi connectivity index (χ2v) is 3.28. The molecule has 0 aliphatic heterocycles. The van der Waals surface area contributed by atoms with E-state index in [1.165, 1.54) is 0 Å². The fraction of sp³-hybridized carbons (Fsp3) is 0.625. The number of allylic oxidation sites excluding steroid dienone is 2. The Balaban J connectivity index is 2.86. The Labute approximate surface area is 55.8 Å². The van der Waals surface area contributed by atoms with Crippen molar-refractivity contribution in [1.29, 1.82) is 0 Å². The molecule has 1 nitrogen and oxygen atoms in total. The Morgan fingerprint density at radius 3 is 2.22 bits per heavy atom. The summed E-state index contributed by atoms with van der Waals surface area (Å²) in [6.07, 6.45) is 3.67. The first-order valence-electron chi connectivity index (χ1n) is 3.27. The van der Waals surface area contributed by atoms with Crippen LogP contribution in [0.5, 0.6) is 0 Å². The zero-order chi connectivity index (χ0) is 7.07. The molecule has 50 valence electrons. The highest BCUT2D eigenvalue weighted by Crippen LogP contribution is 2.33. The van der Waals surface area contributed by atoms with Crippen LogP contribution in [0.15, 0.2) is 12.2 Å². The maximum absolute atomic E-state index is 10.9. The SMILES string of the molecule is CC1C(=O)C=CC1(C)C. The molecule has 0 aromatic rings. The minimum Gasteiger partial charge on any atom is -0.295 e. The normalized spacial score (nSPS) is 31.4. The van der Waals surface area contributed by atoms with E-state index in [1.807, 2.05) is 13.0 Å². The van der Waals surface area contributed by atoms with Crippen LogP contribution < -0.4 is 0 Å². The molecule has 0 saturated carbocycles. The van der Waals surface area contributed by atoms with E-state index in [0.717, 1.165) is 0 Å². The predicted molar refractivity (Wildman–Crippen MR) is 37.1 cm³/mol. The fourth-order valence-corrected chi connectivity index (χ4v) is 0.952. The summed E-state index contributed by atoms with van der Waals surface area (Å²) in [5.41, 5.74) is 0.0943. The van der Waals surface area contributed by atoms with Gasteiger partial charge in [-0.25, -0.2) is 0 Å². The van der Waals surface area contributed by atoms with E-state index in [-0.39, 0.29) is 17.1 Å². The molecule has 0 amide bonds. The Bertz CT molecular complexity index is 165. The molecular formula is C8H12O. The molecule has 1 heteroatoms. The molecule has 1 aliphatic rings. The second kappa shape index (κ2) is 1.69. The predicted octanol–water partition coefficient (Wildman–Crippen LogP) is 1.79. The van der Waals surface area contributed by atoms with Crippen molar-refractivity contribution in [3.8, 4) is 0 Å². The minimum absolute atomic E-state index is 0.0943. The number of ketones is 1. The van der Waals surface area contributed by atoms with Crippen LogP contribution in [0.1, 0.15) is 20.8 Å². The van der Waals surface area contributed by atoms with Gasteiger partial charge in [0, 0.05) is 5.92 Å². The summed E-state index contributed by atoms with van der Waals surface area (Å²) in [5.74, 6) is 0.442. The Hall–Kier alpha value is -0.590. The van der Waals surface area contributed by atoms with Gasteiger partial charge in [0.15, 0.2) is 5.78 Å². The molecule has 0 saturated heterocycles. The molecule has 0 aromatic heterocycles. The van der Waals surface area contributed by atoms with Crippen molar-refractivity contribution in [3.05, 3.63) is 12.2 Å². The molecular weight excluding hydrogens is 112 g/mol. The summed E-state index contributed by atoms with van der Waals surface area (Å²) >= 11 is 0. The summed E-state index contributed by atoms with van der Waals surface area (Å²) < 4.78 is 0. The maximum Gasteiger partial charge on any atom is 0.159 e. The van der Waals surface area contributed by atoms with Crippen LogP contribution in [-0.2, 0) is 4.79 Å². The van der Waals surface area contributed by atoms with E-state index >= 15 is 0 Å². The van der Waals surface area contributed by atoms with E-state index in [0.29, 0.717) is 0 Å². The monoisotopic (exact) mass is 124 g/mol. The van der Waals surface area contributed by atoms with Gasteiger partial charge < -0.3 is 0 Å². The highest BCUT2D eigenvalue weighted by Gasteiger charge is 2.32. The van der Waals surface area contributed by atoms with Crippen molar-refractivity contribution in [2.45, 2.75) is 20.8 Å². The van der Waals surface area contributed by atoms with Crippen LogP contribution in [0, 0.1) is 11.3 Å². The van der Waals surface area contributed by atoms with E-state index in [2.05, 4.69) is 13.8 Å². The molecule has 0 bridgehead atoms. The summed E-state index contributed by atoms with van der Waals surface area (Å²) in [4.78, 5) is 10.9. The van der Waals surface area contributed by atoms with Crippen LogP contribution in [-0.4, -0.2) is 5.78 Å². The van der Waals surface area contributed by atoms with Gasteiger partial charge in [0.25, 0.3) is 0 Å². The quantitative estimate of drug-likeness (QED) is 0.481. The van der Waals surface area contributed by atoms with Gasteiger partial charge in [-0.05, 0) is 11.5 Å². The lowest BCUT2D eigenvalue weighted by molar-refractivity contribution is -0.118. The van der Waals surface area contributed by atoms with E-state index in [9.17, 15) is 4.79 Å². The van der Waals surface area contributed by atoms with E-state index in [4.69, 9.17) is 0 Å². The summed E-state index contributed by atoms with van der Waals surface area (Å²) in [6, 6.07) is 0. The van der Waals surface area contributed by atoms with Crippen molar-refractivity contribution < 1.29 is 4.79 Å². The van der Waals surface area contributed by atoms with Crippen LogP contribution in [0.3, 0.4) is 0 Å². The zero-order valence-corrected chi connectivity index (χ0v) is 6.14. The number of hydrogen-bond donors (Lipinski definition) is 0. The van der Waals surface area contributed by atoms with Gasteiger partial charge in [0.1, 0.15) is 0 Å². The highest BCUT2D eigenvalue weighted by atomic mass is 16.1. The Morgan fingerprint density at radius 1 is 1.56 bits per heavy atom. The third-order valence-corrected chi connectivity index (χ3v) is 2.22. The van der Waals surface area contributed by atoms with Crippen LogP contribution in [0.4, 0.5) is 0 Å². The van der Waals surface area contributed by atoms with Crippen molar-refractivity contribution in [3.63, 3.8) is 0 Å². The van der Waals surface area contributed by atoms with Crippen molar-refractivity contribution >= 4 is 5.78 Å². The molecule has 9 heavy (non-hydrogen) atoms. The van der Waals surface area contributed by atoms with Crippen molar-refractivity contribution in [2.24, 2.45) is 11.3 Å². The van der Waals surface area contributed by atoms with Crippen LogP contribution >= 0.6 is 0 Å². The maximum atomic E-state index is 10.9. The molecule has 0 heterocycles. The van der Waals surface area contributed by atoms with Crippen LogP contribution in [0.2, 0.25) is 0 Å². The fourth-order valence-electron chi connectivity index (χ4n) is 0.952. The van der Waals surface area contributed by atoms with Crippen molar-refractivity contribution in [2.75, 3.05) is 0 Å². The van der Waals surface area contributed by atoms with Crippen molar-refractivity contribution in [1.82, 2.24) is 0 Å². The lowest BCUT2D eigenvalue weighted by Crippen LogP contribution is -2.19. The number of carbonyl (C=O) groups excluding carboxylic acids is 1. The lowest BCUT2D eigenvalue weighted by Gasteiger charge is -2.19. The number of carbonyl (C=O) groups is 1.